The largest absolute Gasteiger partial charge is 0.506 e. The lowest BCUT2D eigenvalue weighted by atomic mass is 10.0. The van der Waals surface area contributed by atoms with Crippen molar-refractivity contribution in [2.45, 2.75) is 26.7 Å². The molecule has 2 aromatic rings. The van der Waals surface area contributed by atoms with Gasteiger partial charge in [-0.25, -0.2) is 4.99 Å². The first kappa shape index (κ1) is 17.3. The number of aryl methyl sites for hydroxylation is 1. The Morgan fingerprint density at radius 3 is 2.56 bits per heavy atom. The molecule has 0 atom stereocenters. The van der Waals surface area contributed by atoms with Gasteiger partial charge in [0.1, 0.15) is 11.4 Å². The number of benzene rings is 2. The number of nitrogens with one attached hydrogen (secondary N) is 1. The fourth-order valence-corrected chi connectivity index (χ4v) is 3.28. The Kier molecular flexibility index (Phi) is 4.95. The summed E-state index contributed by atoms with van der Waals surface area (Å²) in [6, 6.07) is 13.4. The number of nitrogens with zero attached hydrogens (tertiary/aromatic N) is 1. The van der Waals surface area contributed by atoms with Gasteiger partial charge < -0.3 is 10.4 Å². The third-order valence-corrected chi connectivity index (χ3v) is 4.81. The summed E-state index contributed by atoms with van der Waals surface area (Å²) in [6.45, 7) is 6.23. The lowest BCUT2D eigenvalue weighted by Gasteiger charge is -2.04. The maximum absolute atomic E-state index is 12.2. The minimum atomic E-state index is -0.177. The Labute approximate surface area is 151 Å². The van der Waals surface area contributed by atoms with Gasteiger partial charge in [-0.15, -0.1) is 0 Å². The average molecular weight is 352 g/mol. The van der Waals surface area contributed by atoms with E-state index in [4.69, 9.17) is 0 Å². The smallest absolute Gasteiger partial charge is 0.264 e. The fraction of sp³-hybridized carbons (Fsp3) is 0.200. The molecule has 1 amide bonds. The predicted molar refractivity (Wildman–Crippen MR) is 104 cm³/mol. The molecule has 128 valence electrons. The van der Waals surface area contributed by atoms with Gasteiger partial charge in [0, 0.05) is 0 Å². The number of hydrogen-bond donors (Lipinski definition) is 2. The molecule has 2 aromatic carbocycles. The van der Waals surface area contributed by atoms with Crippen LogP contribution in [-0.4, -0.2) is 16.2 Å². The molecule has 1 aliphatic rings. The molecular formula is C20H20N2O2S. The van der Waals surface area contributed by atoms with Crippen LogP contribution in [0.25, 0.3) is 6.08 Å². The Morgan fingerprint density at radius 2 is 1.88 bits per heavy atom. The molecule has 0 radical (unpaired) electrons. The summed E-state index contributed by atoms with van der Waals surface area (Å²) in [5.41, 5.74) is 3.68. The highest BCUT2D eigenvalue weighted by Crippen LogP contribution is 2.32. The number of thioether (sulfide) groups is 1. The summed E-state index contributed by atoms with van der Waals surface area (Å²) in [5.74, 6) is 0.394. The topological polar surface area (TPSA) is 61.7 Å². The van der Waals surface area contributed by atoms with Gasteiger partial charge in [-0.3, -0.25) is 4.79 Å². The molecule has 0 bridgehead atoms. The minimum absolute atomic E-state index is 0.0923. The second-order valence-corrected chi connectivity index (χ2v) is 7.33. The van der Waals surface area contributed by atoms with E-state index in [1.54, 1.807) is 12.1 Å². The van der Waals surface area contributed by atoms with E-state index in [1.165, 1.54) is 17.3 Å². The van der Waals surface area contributed by atoms with Gasteiger partial charge in [0.2, 0.25) is 0 Å². The fourth-order valence-electron chi connectivity index (χ4n) is 2.44. The zero-order chi connectivity index (χ0) is 18.0. The zero-order valence-electron chi connectivity index (χ0n) is 14.4. The van der Waals surface area contributed by atoms with Crippen molar-refractivity contribution in [1.29, 1.82) is 0 Å². The van der Waals surface area contributed by atoms with Crippen molar-refractivity contribution in [2.24, 2.45) is 4.99 Å². The number of hydrogen-bond acceptors (Lipinski definition) is 4. The van der Waals surface area contributed by atoms with Crippen LogP contribution in [0.1, 0.15) is 36.5 Å². The van der Waals surface area contributed by atoms with Gasteiger partial charge in [-0.05, 0) is 59.5 Å². The molecular weight excluding hydrogens is 332 g/mol. The second-order valence-electron chi connectivity index (χ2n) is 6.30. The second kappa shape index (κ2) is 7.15. The van der Waals surface area contributed by atoms with Crippen LogP contribution in [0.3, 0.4) is 0 Å². The van der Waals surface area contributed by atoms with Gasteiger partial charge in [-0.2, -0.15) is 0 Å². The Hall–Kier alpha value is -2.53. The summed E-state index contributed by atoms with van der Waals surface area (Å²) in [6.07, 6.45) is 1.85. The SMILES string of the molecule is Cc1ccc(O)c(N=C2NC(=O)/C(=C/c3ccc(C(C)C)cc3)S2)c1. The van der Waals surface area contributed by atoms with Gasteiger partial charge in [0.25, 0.3) is 5.91 Å². The molecule has 0 unspecified atom stereocenters. The molecule has 0 aliphatic carbocycles. The summed E-state index contributed by atoms with van der Waals surface area (Å²) in [4.78, 5) is 17.1. The van der Waals surface area contributed by atoms with Crippen LogP contribution in [0.5, 0.6) is 5.75 Å². The van der Waals surface area contributed by atoms with Gasteiger partial charge in [0.05, 0.1) is 4.91 Å². The van der Waals surface area contributed by atoms with Crippen LogP contribution < -0.4 is 5.32 Å². The summed E-state index contributed by atoms with van der Waals surface area (Å²) in [5, 5.41) is 13.1. The van der Waals surface area contributed by atoms with Gasteiger partial charge in [-0.1, -0.05) is 44.2 Å². The molecule has 2 N–H and O–H groups in total. The van der Waals surface area contributed by atoms with E-state index in [9.17, 15) is 9.90 Å². The maximum Gasteiger partial charge on any atom is 0.264 e. The lowest BCUT2D eigenvalue weighted by Crippen LogP contribution is -2.19. The molecule has 3 rings (SSSR count). The van der Waals surface area contributed by atoms with E-state index in [0.29, 0.717) is 21.7 Å². The zero-order valence-corrected chi connectivity index (χ0v) is 15.2. The quantitative estimate of drug-likeness (QED) is 0.786. The van der Waals surface area contributed by atoms with Gasteiger partial charge >= 0.3 is 0 Å². The Balaban J connectivity index is 1.82. The van der Waals surface area contributed by atoms with Crippen LogP contribution >= 0.6 is 11.8 Å². The standard InChI is InChI=1S/C20H20N2O2S/c1-12(2)15-7-5-14(6-8-15)11-18-19(24)22-20(25-18)21-16-10-13(3)4-9-17(16)23/h4-12,23H,1-3H3,(H,21,22,24)/b18-11-. The maximum atomic E-state index is 12.2. The Bertz CT molecular complexity index is 868. The first-order chi connectivity index (χ1) is 11.9. The van der Waals surface area contributed by atoms with Crippen LogP contribution in [0.4, 0.5) is 5.69 Å². The number of phenols is 1. The number of amidine groups is 1. The molecule has 5 heteroatoms. The molecule has 0 aromatic heterocycles. The summed E-state index contributed by atoms with van der Waals surface area (Å²) in [7, 11) is 0. The van der Waals surface area contributed by atoms with Gasteiger partial charge in [0.15, 0.2) is 5.17 Å². The number of rotatable bonds is 3. The normalized spacial score (nSPS) is 17.5. The minimum Gasteiger partial charge on any atom is -0.506 e. The molecule has 1 fully saturated rings. The molecule has 1 aliphatic heterocycles. The van der Waals surface area contributed by atoms with Crippen molar-refractivity contribution in [1.82, 2.24) is 5.32 Å². The molecule has 0 spiro atoms. The molecule has 1 heterocycles. The van der Waals surface area contributed by atoms with Crippen molar-refractivity contribution in [3.63, 3.8) is 0 Å². The first-order valence-corrected chi connectivity index (χ1v) is 8.93. The predicted octanol–water partition coefficient (Wildman–Crippen LogP) is 4.72. The van der Waals surface area contributed by atoms with Crippen molar-refractivity contribution < 1.29 is 9.90 Å². The lowest BCUT2D eigenvalue weighted by molar-refractivity contribution is -0.115. The highest BCUT2D eigenvalue weighted by atomic mass is 32.2. The average Bonchev–Trinajstić information content (AvgIpc) is 2.91. The summed E-state index contributed by atoms with van der Waals surface area (Å²) >= 11 is 1.27. The van der Waals surface area contributed by atoms with Crippen LogP contribution in [0.2, 0.25) is 0 Å². The molecule has 4 nitrogen and oxygen atoms in total. The molecule has 1 saturated heterocycles. The van der Waals surface area contributed by atoms with Crippen LogP contribution in [0.15, 0.2) is 52.4 Å². The van der Waals surface area contributed by atoms with E-state index in [-0.39, 0.29) is 11.7 Å². The number of aromatic hydroxyl groups is 1. The number of carbonyl (C=O) groups is 1. The van der Waals surface area contributed by atoms with E-state index < -0.39 is 0 Å². The van der Waals surface area contributed by atoms with Crippen LogP contribution in [0, 0.1) is 6.92 Å². The highest BCUT2D eigenvalue weighted by molar-refractivity contribution is 8.18. The number of carbonyl (C=O) groups excluding carboxylic acids is 1. The van der Waals surface area contributed by atoms with Crippen molar-refractivity contribution in [2.75, 3.05) is 0 Å². The van der Waals surface area contributed by atoms with Crippen molar-refractivity contribution >= 4 is 34.6 Å². The third-order valence-electron chi connectivity index (χ3n) is 3.90. The first-order valence-electron chi connectivity index (χ1n) is 8.11. The van der Waals surface area contributed by atoms with E-state index in [1.807, 2.05) is 31.2 Å². The number of phenolic OH excluding ortho intramolecular Hbond substituents is 1. The molecule has 25 heavy (non-hydrogen) atoms. The molecule has 0 saturated carbocycles. The van der Waals surface area contributed by atoms with Crippen molar-refractivity contribution in [3.05, 3.63) is 64.1 Å². The summed E-state index contributed by atoms with van der Waals surface area (Å²) < 4.78 is 0. The Morgan fingerprint density at radius 1 is 1.16 bits per heavy atom. The van der Waals surface area contributed by atoms with E-state index in [0.717, 1.165) is 11.1 Å². The number of amides is 1. The monoisotopic (exact) mass is 352 g/mol. The van der Waals surface area contributed by atoms with Crippen molar-refractivity contribution in [3.8, 4) is 5.75 Å². The highest BCUT2D eigenvalue weighted by Gasteiger charge is 2.24. The van der Waals surface area contributed by atoms with E-state index in [2.05, 4.69) is 36.3 Å². The van der Waals surface area contributed by atoms with E-state index >= 15 is 0 Å². The number of aliphatic imine (C=N–C) groups is 1. The van der Waals surface area contributed by atoms with Crippen LogP contribution in [-0.2, 0) is 4.79 Å². The third kappa shape index (κ3) is 4.12.